The van der Waals surface area contributed by atoms with Crippen LogP contribution in [0.4, 0.5) is 8.78 Å². The van der Waals surface area contributed by atoms with E-state index in [4.69, 9.17) is 18.2 Å². The molecule has 5 atom stereocenters. The molecule has 160 valence electrons. The zero-order chi connectivity index (χ0) is 21.3. The molecule has 1 aliphatic heterocycles. The normalized spacial score (nSPS) is 31.3. The number of halogens is 2. The van der Waals surface area contributed by atoms with Crippen LogP contribution in [-0.2, 0) is 22.8 Å². The highest BCUT2D eigenvalue weighted by molar-refractivity contribution is 7.54. The van der Waals surface area contributed by atoms with Gasteiger partial charge in [-0.1, -0.05) is 20.8 Å². The van der Waals surface area contributed by atoms with Crippen molar-refractivity contribution >= 4 is 23.8 Å². The van der Waals surface area contributed by atoms with E-state index in [1.54, 1.807) is 21.7 Å². The van der Waals surface area contributed by atoms with Gasteiger partial charge in [0.1, 0.15) is 14.0 Å². The highest BCUT2D eigenvalue weighted by Gasteiger charge is 2.57. The van der Waals surface area contributed by atoms with E-state index < -0.39 is 45.7 Å². The molecule has 5 nitrogen and oxygen atoms in total. The van der Waals surface area contributed by atoms with Gasteiger partial charge in [-0.2, -0.15) is 0 Å². The number of hydrogen-bond acceptors (Lipinski definition) is 5. The van der Waals surface area contributed by atoms with Crippen LogP contribution in [0.15, 0.2) is 0 Å². The van der Waals surface area contributed by atoms with Crippen molar-refractivity contribution in [3.63, 3.8) is 0 Å². The zero-order valence-corrected chi connectivity index (χ0v) is 20.1. The van der Waals surface area contributed by atoms with Gasteiger partial charge in [0.15, 0.2) is 14.0 Å². The lowest BCUT2D eigenvalue weighted by molar-refractivity contribution is 0.0131. The molecule has 1 rings (SSSR count). The summed E-state index contributed by atoms with van der Waals surface area (Å²) in [6, 6.07) is -0.761. The predicted octanol–water partition coefficient (Wildman–Crippen LogP) is 4.41. The molecule has 1 saturated heterocycles. The van der Waals surface area contributed by atoms with Crippen LogP contribution in [0.5, 0.6) is 0 Å². The van der Waals surface area contributed by atoms with Gasteiger partial charge in [0.05, 0.1) is 25.3 Å². The summed E-state index contributed by atoms with van der Waals surface area (Å²) in [5, 5.41) is -0.138. The van der Waals surface area contributed by atoms with Crippen molar-refractivity contribution in [2.75, 3.05) is 13.2 Å². The molecule has 0 saturated carbocycles. The third kappa shape index (κ3) is 5.64. The van der Waals surface area contributed by atoms with E-state index in [-0.39, 0.29) is 24.7 Å². The minimum absolute atomic E-state index is 0.0599. The topological polar surface area (TPSA) is 54.0 Å². The fraction of sp³-hybridized carbons (Fsp3) is 1.00. The smallest absolute Gasteiger partial charge is 0.364 e. The number of ether oxygens (including phenoxy) is 1. The molecule has 1 heterocycles. The van der Waals surface area contributed by atoms with Gasteiger partial charge in [0.25, 0.3) is 0 Å². The van der Waals surface area contributed by atoms with Crippen molar-refractivity contribution in [2.24, 2.45) is 0 Å². The molecule has 0 amide bonds. The summed E-state index contributed by atoms with van der Waals surface area (Å²) in [5.41, 5.74) is -1.78. The number of alkyl halides is 2. The molecule has 1 aliphatic rings. The summed E-state index contributed by atoms with van der Waals surface area (Å²) in [6.45, 7) is 15.0. The Labute approximate surface area is 164 Å². The van der Waals surface area contributed by atoms with Crippen LogP contribution in [0, 0.1) is 0 Å². The molecule has 0 aliphatic carbocycles. The molecule has 0 aromatic heterocycles. The standard InChI is InChI=1S/C17H36BF2O5PSi/c1-9-22-26(21,23-10-2)13(19)11-12-14(17(6,20)15(18)24-12)25-27(7,8)16(3,4)5/h12-15H,9-11,18H2,1-8H3/t12-,13?,14+,15-,17?/m1/s1. The Bertz CT molecular complexity index is 534. The Morgan fingerprint density at radius 1 is 1.26 bits per heavy atom. The van der Waals surface area contributed by atoms with Gasteiger partial charge in [0, 0.05) is 6.42 Å². The average molecular weight is 428 g/mol. The van der Waals surface area contributed by atoms with Crippen molar-refractivity contribution in [1.29, 1.82) is 0 Å². The Morgan fingerprint density at radius 2 is 1.74 bits per heavy atom. The molecule has 0 N–H and O–H groups in total. The molecule has 0 aromatic rings. The van der Waals surface area contributed by atoms with Crippen LogP contribution in [0.2, 0.25) is 18.1 Å². The fourth-order valence-electron chi connectivity index (χ4n) is 2.81. The Hall–Kier alpha value is 0.212. The van der Waals surface area contributed by atoms with Crippen LogP contribution in [0.25, 0.3) is 0 Å². The minimum atomic E-state index is -3.95. The molecule has 0 radical (unpaired) electrons. The summed E-state index contributed by atoms with van der Waals surface area (Å²) in [5.74, 6) is -1.91. The average Bonchev–Trinajstić information content (AvgIpc) is 2.69. The quantitative estimate of drug-likeness (QED) is 0.402. The largest absolute Gasteiger partial charge is 0.408 e. The third-order valence-electron chi connectivity index (χ3n) is 5.68. The summed E-state index contributed by atoms with van der Waals surface area (Å²) >= 11 is 0. The van der Waals surface area contributed by atoms with Crippen LogP contribution in [-0.4, -0.2) is 59.2 Å². The maximum atomic E-state index is 15.4. The first-order valence-corrected chi connectivity index (χ1v) is 14.2. The molecular formula is C17H36BF2O5PSi. The summed E-state index contributed by atoms with van der Waals surface area (Å²) in [6.07, 6.45) is -2.11. The molecule has 0 aromatic carbocycles. The lowest BCUT2D eigenvalue weighted by Crippen LogP contribution is -2.52. The number of rotatable bonds is 9. The summed E-state index contributed by atoms with van der Waals surface area (Å²) in [4.78, 5) is 0. The van der Waals surface area contributed by atoms with Crippen molar-refractivity contribution in [1.82, 2.24) is 0 Å². The second-order valence-corrected chi connectivity index (χ2v) is 15.7. The van der Waals surface area contributed by atoms with Gasteiger partial charge in [-0.15, -0.1) is 0 Å². The van der Waals surface area contributed by atoms with Gasteiger partial charge in [-0.3, -0.25) is 4.57 Å². The van der Waals surface area contributed by atoms with Gasteiger partial charge >= 0.3 is 7.60 Å². The monoisotopic (exact) mass is 428 g/mol. The Morgan fingerprint density at radius 3 is 2.15 bits per heavy atom. The fourth-order valence-corrected chi connectivity index (χ4v) is 5.76. The van der Waals surface area contributed by atoms with E-state index in [2.05, 4.69) is 20.8 Å². The van der Waals surface area contributed by atoms with Gasteiger partial charge in [-0.05, 0) is 38.9 Å². The molecule has 10 heteroatoms. The first-order chi connectivity index (χ1) is 12.1. The third-order valence-corrected chi connectivity index (χ3v) is 12.3. The van der Waals surface area contributed by atoms with E-state index in [1.807, 2.05) is 13.1 Å². The van der Waals surface area contributed by atoms with E-state index in [1.165, 1.54) is 6.92 Å². The van der Waals surface area contributed by atoms with E-state index in [9.17, 15) is 8.96 Å². The van der Waals surface area contributed by atoms with Crippen molar-refractivity contribution < 1.29 is 31.6 Å². The van der Waals surface area contributed by atoms with Gasteiger partial charge in [-0.25, -0.2) is 8.78 Å². The van der Waals surface area contributed by atoms with E-state index in [0.717, 1.165) is 0 Å². The summed E-state index contributed by atoms with van der Waals surface area (Å²) < 4.78 is 65.2. The van der Waals surface area contributed by atoms with Crippen LogP contribution >= 0.6 is 7.60 Å². The maximum Gasteiger partial charge on any atom is 0.364 e. The van der Waals surface area contributed by atoms with Crippen LogP contribution in [0.3, 0.4) is 0 Å². The van der Waals surface area contributed by atoms with Crippen LogP contribution < -0.4 is 0 Å². The molecule has 1 fully saturated rings. The second kappa shape index (κ2) is 8.92. The van der Waals surface area contributed by atoms with Crippen molar-refractivity contribution in [2.45, 2.75) is 95.9 Å². The lowest BCUT2D eigenvalue weighted by atomic mass is 9.83. The molecule has 0 bridgehead atoms. The minimum Gasteiger partial charge on any atom is -0.408 e. The second-order valence-electron chi connectivity index (χ2n) is 8.81. The Balaban J connectivity index is 3.08. The van der Waals surface area contributed by atoms with E-state index >= 15 is 4.39 Å². The van der Waals surface area contributed by atoms with Crippen molar-refractivity contribution in [3.8, 4) is 0 Å². The predicted molar refractivity (Wildman–Crippen MR) is 109 cm³/mol. The van der Waals surface area contributed by atoms with Crippen molar-refractivity contribution in [3.05, 3.63) is 0 Å². The summed E-state index contributed by atoms with van der Waals surface area (Å²) in [7, 11) is -4.67. The first-order valence-electron chi connectivity index (χ1n) is 9.67. The molecular weight excluding hydrogens is 392 g/mol. The Kier molecular flexibility index (Phi) is 8.34. The molecule has 27 heavy (non-hydrogen) atoms. The first kappa shape index (κ1) is 25.2. The maximum absolute atomic E-state index is 15.4. The van der Waals surface area contributed by atoms with Gasteiger partial charge in [0.2, 0.25) is 5.91 Å². The van der Waals surface area contributed by atoms with Gasteiger partial charge < -0.3 is 18.2 Å². The highest BCUT2D eigenvalue weighted by atomic mass is 31.2. The lowest BCUT2D eigenvalue weighted by Gasteiger charge is -2.41. The zero-order valence-electron chi connectivity index (χ0n) is 18.2. The number of hydrogen-bond donors (Lipinski definition) is 0. The van der Waals surface area contributed by atoms with E-state index in [0.29, 0.717) is 0 Å². The SMILES string of the molecule is B[C@@H]1O[C@H](CC(F)P(=O)(OCC)OCC)[C@H](O[Si](C)(C)C(C)(C)C)C1(C)F. The molecule has 0 spiro atoms. The highest BCUT2D eigenvalue weighted by Crippen LogP contribution is 2.56. The molecule has 2 unspecified atom stereocenters. The van der Waals surface area contributed by atoms with Crippen LogP contribution in [0.1, 0.15) is 48.0 Å².